The van der Waals surface area contributed by atoms with Crippen LogP contribution >= 0.6 is 0 Å². The van der Waals surface area contributed by atoms with Gasteiger partial charge in [0.25, 0.3) is 5.69 Å². The molecule has 2 aromatic heterocycles. The molecule has 0 radical (unpaired) electrons. The van der Waals surface area contributed by atoms with E-state index in [2.05, 4.69) is 11.1 Å². The molecule has 0 saturated carbocycles. The molecule has 0 fully saturated rings. The average Bonchev–Trinajstić information content (AvgIpc) is 3.38. The molecule has 8 heteroatoms. The van der Waals surface area contributed by atoms with Crippen LogP contribution in [0.1, 0.15) is 36.3 Å². The summed E-state index contributed by atoms with van der Waals surface area (Å²) in [5, 5.41) is 22.0. The van der Waals surface area contributed by atoms with Gasteiger partial charge in [0.15, 0.2) is 5.78 Å². The quantitative estimate of drug-likeness (QED) is 0.403. The summed E-state index contributed by atoms with van der Waals surface area (Å²) in [5.74, 6) is -0.00458. The molecule has 3 aromatic rings. The van der Waals surface area contributed by atoms with Gasteiger partial charge in [-0.15, -0.1) is 0 Å². The fourth-order valence-corrected chi connectivity index (χ4v) is 4.86. The number of pyridine rings is 1. The van der Waals surface area contributed by atoms with Crippen molar-refractivity contribution in [2.24, 2.45) is 0 Å². The monoisotopic (exact) mass is 451 g/mol. The number of benzene rings is 1. The number of hydrogen-bond donors (Lipinski definition) is 0. The van der Waals surface area contributed by atoms with Crippen LogP contribution < -0.4 is 4.90 Å². The Morgan fingerprint density at radius 2 is 1.97 bits per heavy atom. The molecule has 5 rings (SSSR count). The number of carbonyl (C=O) groups is 1. The fourth-order valence-electron chi connectivity index (χ4n) is 4.86. The Hall–Kier alpha value is -4.51. The van der Waals surface area contributed by atoms with Crippen molar-refractivity contribution in [2.75, 3.05) is 4.90 Å². The maximum absolute atomic E-state index is 13.4. The van der Waals surface area contributed by atoms with E-state index in [-0.39, 0.29) is 11.5 Å². The van der Waals surface area contributed by atoms with Crippen LogP contribution in [0.5, 0.6) is 0 Å². The number of allylic oxidation sites excluding steroid dienone is 3. The van der Waals surface area contributed by atoms with Crippen LogP contribution in [0.25, 0.3) is 5.82 Å². The first kappa shape index (κ1) is 21.3. The molecule has 0 saturated heterocycles. The van der Waals surface area contributed by atoms with Gasteiger partial charge in [0.05, 0.1) is 28.2 Å². The normalized spacial score (nSPS) is 18.1. The molecule has 0 unspecified atom stereocenters. The second kappa shape index (κ2) is 8.45. The number of Topliss-reactive ketones (excluding diaryl/α,β-unsaturated/α-hetero) is 1. The van der Waals surface area contributed by atoms with E-state index in [0.29, 0.717) is 41.9 Å². The zero-order chi connectivity index (χ0) is 23.8. The zero-order valence-corrected chi connectivity index (χ0v) is 18.5. The van der Waals surface area contributed by atoms with Gasteiger partial charge in [-0.25, -0.2) is 0 Å². The van der Waals surface area contributed by atoms with Crippen molar-refractivity contribution in [1.82, 2.24) is 9.55 Å². The molecule has 1 aliphatic heterocycles. The molecular weight excluding hydrogens is 430 g/mol. The summed E-state index contributed by atoms with van der Waals surface area (Å²) in [6.07, 6.45) is 8.70. The van der Waals surface area contributed by atoms with Crippen molar-refractivity contribution in [1.29, 1.82) is 5.26 Å². The Kier molecular flexibility index (Phi) is 5.30. The summed E-state index contributed by atoms with van der Waals surface area (Å²) in [7, 11) is 0. The number of ketones is 1. The first-order valence-electron chi connectivity index (χ1n) is 11.0. The van der Waals surface area contributed by atoms with Gasteiger partial charge >= 0.3 is 0 Å². The van der Waals surface area contributed by atoms with Crippen molar-refractivity contribution in [3.63, 3.8) is 0 Å². The van der Waals surface area contributed by atoms with Crippen LogP contribution in [0.4, 0.5) is 11.4 Å². The molecule has 2 aliphatic rings. The average molecular weight is 451 g/mol. The van der Waals surface area contributed by atoms with Gasteiger partial charge in [-0.05, 0) is 49.1 Å². The van der Waals surface area contributed by atoms with Crippen LogP contribution in [-0.2, 0) is 4.79 Å². The Balaban J connectivity index is 1.87. The molecule has 0 bridgehead atoms. The van der Waals surface area contributed by atoms with Crippen LogP contribution in [0.2, 0.25) is 0 Å². The topological polar surface area (TPSA) is 105 Å². The Labute approximate surface area is 196 Å². The molecular formula is C26H21N5O3. The van der Waals surface area contributed by atoms with Crippen LogP contribution in [-0.4, -0.2) is 20.3 Å². The lowest BCUT2D eigenvalue weighted by molar-refractivity contribution is -0.384. The standard InChI is InChI=1S/C26H21N5O3/c1-17-9-10-19(31(33)34)14-22(17)30-21-7-4-8-23(32)25(21)24(18-6-5-11-28-16-18)20(15-27)26(30)29-12-2-3-13-29/h2-3,5-6,9-14,16,24H,4,7-8H2,1H3/t24-/m0/s1. The third-order valence-corrected chi connectivity index (χ3v) is 6.36. The van der Waals surface area contributed by atoms with E-state index in [9.17, 15) is 20.2 Å². The molecule has 0 N–H and O–H groups in total. The maximum atomic E-state index is 13.4. The number of nitro groups is 1. The predicted octanol–water partition coefficient (Wildman–Crippen LogP) is 5.10. The van der Waals surface area contributed by atoms with Crippen molar-refractivity contribution >= 4 is 23.0 Å². The third kappa shape index (κ3) is 3.39. The van der Waals surface area contributed by atoms with Gasteiger partial charge in [0.2, 0.25) is 0 Å². The molecule has 34 heavy (non-hydrogen) atoms. The molecule has 8 nitrogen and oxygen atoms in total. The number of nitrogens with zero attached hydrogens (tertiary/aromatic N) is 5. The summed E-state index contributed by atoms with van der Waals surface area (Å²) in [5.41, 5.74) is 3.83. The number of anilines is 1. The first-order valence-corrected chi connectivity index (χ1v) is 11.0. The molecule has 168 valence electrons. The largest absolute Gasteiger partial charge is 0.309 e. The third-order valence-electron chi connectivity index (χ3n) is 6.36. The van der Waals surface area contributed by atoms with E-state index in [4.69, 9.17) is 0 Å². The highest BCUT2D eigenvalue weighted by atomic mass is 16.6. The van der Waals surface area contributed by atoms with Crippen molar-refractivity contribution < 1.29 is 9.72 Å². The molecule has 0 spiro atoms. The van der Waals surface area contributed by atoms with E-state index in [1.54, 1.807) is 24.5 Å². The van der Waals surface area contributed by atoms with Gasteiger partial charge in [-0.2, -0.15) is 5.26 Å². The number of rotatable bonds is 4. The second-order valence-corrected chi connectivity index (χ2v) is 8.36. The Morgan fingerprint density at radius 1 is 1.18 bits per heavy atom. The lowest BCUT2D eigenvalue weighted by atomic mass is 9.76. The van der Waals surface area contributed by atoms with Gasteiger partial charge in [0.1, 0.15) is 5.82 Å². The van der Waals surface area contributed by atoms with E-state index >= 15 is 0 Å². The minimum absolute atomic E-state index is 0.0116. The number of nitriles is 1. The molecule has 1 aliphatic carbocycles. The van der Waals surface area contributed by atoms with E-state index in [1.807, 2.05) is 47.0 Å². The van der Waals surface area contributed by atoms with E-state index < -0.39 is 10.8 Å². The van der Waals surface area contributed by atoms with E-state index in [0.717, 1.165) is 16.8 Å². The van der Waals surface area contributed by atoms with Crippen molar-refractivity contribution in [2.45, 2.75) is 32.1 Å². The fraction of sp³-hybridized carbons (Fsp3) is 0.192. The minimum Gasteiger partial charge on any atom is -0.309 e. The summed E-state index contributed by atoms with van der Waals surface area (Å²) >= 11 is 0. The first-order chi connectivity index (χ1) is 16.5. The number of aromatic nitrogens is 2. The van der Waals surface area contributed by atoms with Crippen molar-refractivity contribution in [3.05, 3.63) is 105 Å². The highest BCUT2D eigenvalue weighted by molar-refractivity contribution is 6.03. The van der Waals surface area contributed by atoms with Gasteiger partial charge in [-0.3, -0.25) is 24.8 Å². The maximum Gasteiger partial charge on any atom is 0.271 e. The minimum atomic E-state index is -0.561. The number of carbonyl (C=O) groups excluding carboxylic acids is 1. The van der Waals surface area contributed by atoms with Gasteiger partial charge in [0, 0.05) is 54.6 Å². The van der Waals surface area contributed by atoms with Gasteiger partial charge < -0.3 is 4.57 Å². The second-order valence-electron chi connectivity index (χ2n) is 8.36. The predicted molar refractivity (Wildman–Crippen MR) is 126 cm³/mol. The lowest BCUT2D eigenvalue weighted by Gasteiger charge is -2.41. The zero-order valence-electron chi connectivity index (χ0n) is 18.5. The molecule has 3 heterocycles. The Bertz CT molecular complexity index is 1400. The summed E-state index contributed by atoms with van der Waals surface area (Å²) in [6.45, 7) is 1.87. The number of hydrogen-bond acceptors (Lipinski definition) is 6. The number of nitro benzene ring substituents is 1. The van der Waals surface area contributed by atoms with Crippen LogP contribution in [0, 0.1) is 28.4 Å². The van der Waals surface area contributed by atoms with Crippen molar-refractivity contribution in [3.8, 4) is 6.07 Å². The smallest absolute Gasteiger partial charge is 0.271 e. The van der Waals surface area contributed by atoms with E-state index in [1.165, 1.54) is 12.1 Å². The number of aryl methyl sites for hydroxylation is 1. The van der Waals surface area contributed by atoms with Crippen LogP contribution in [0.3, 0.4) is 0 Å². The Morgan fingerprint density at radius 3 is 2.65 bits per heavy atom. The molecule has 1 aromatic carbocycles. The van der Waals surface area contributed by atoms with Gasteiger partial charge in [-0.1, -0.05) is 12.1 Å². The lowest BCUT2D eigenvalue weighted by Crippen LogP contribution is -2.37. The van der Waals surface area contributed by atoms with Crippen LogP contribution in [0.15, 0.2) is 84.1 Å². The summed E-state index contributed by atoms with van der Waals surface area (Å²) in [4.78, 5) is 30.6. The SMILES string of the molecule is Cc1ccc([N+](=O)[O-])cc1N1C2=C(C(=O)CCC2)[C@@H](c2cccnc2)C(C#N)=C1n1cccc1. The molecule has 0 amide bonds. The highest BCUT2D eigenvalue weighted by Crippen LogP contribution is 2.49. The summed E-state index contributed by atoms with van der Waals surface area (Å²) < 4.78 is 1.84. The summed E-state index contributed by atoms with van der Waals surface area (Å²) in [6, 6.07) is 14.4. The number of non-ortho nitro benzene ring substituents is 1. The highest BCUT2D eigenvalue weighted by Gasteiger charge is 2.42. The molecule has 1 atom stereocenters.